The van der Waals surface area contributed by atoms with Gasteiger partial charge in [-0.15, -0.1) is 0 Å². The summed E-state index contributed by atoms with van der Waals surface area (Å²) in [6.07, 6.45) is 3.11. The maximum atomic E-state index is 12.0. The lowest BCUT2D eigenvalue weighted by atomic mass is 9.96. The first-order chi connectivity index (χ1) is 10.0. The summed E-state index contributed by atoms with van der Waals surface area (Å²) < 4.78 is 0. The SMILES string of the molecule is CCc1ccc(C(C)CC(=O)NC(C(=O)O)C2CC2)cc1. The van der Waals surface area contributed by atoms with Crippen LogP contribution < -0.4 is 5.32 Å². The third kappa shape index (κ3) is 4.31. The lowest BCUT2D eigenvalue weighted by Gasteiger charge is -2.16. The Morgan fingerprint density at radius 3 is 2.38 bits per heavy atom. The molecule has 4 heteroatoms. The summed E-state index contributed by atoms with van der Waals surface area (Å²) in [7, 11) is 0. The first-order valence-electron chi connectivity index (χ1n) is 7.62. The van der Waals surface area contributed by atoms with Crippen LogP contribution in [-0.4, -0.2) is 23.0 Å². The molecule has 0 bridgehead atoms. The minimum absolute atomic E-state index is 0.0876. The van der Waals surface area contributed by atoms with E-state index in [4.69, 9.17) is 5.11 Å². The molecule has 0 heterocycles. The van der Waals surface area contributed by atoms with Gasteiger partial charge in [0.1, 0.15) is 6.04 Å². The molecule has 114 valence electrons. The number of carbonyl (C=O) groups is 2. The molecule has 1 amide bonds. The summed E-state index contributed by atoms with van der Waals surface area (Å²) in [5, 5.41) is 11.8. The minimum atomic E-state index is -0.925. The molecular formula is C17H23NO3. The molecule has 1 aliphatic rings. The summed E-state index contributed by atoms with van der Waals surface area (Å²) >= 11 is 0. The highest BCUT2D eigenvalue weighted by molar-refractivity contribution is 5.84. The second-order valence-corrected chi connectivity index (χ2v) is 5.92. The van der Waals surface area contributed by atoms with Crippen molar-refractivity contribution in [3.63, 3.8) is 0 Å². The van der Waals surface area contributed by atoms with Crippen LogP contribution in [0.15, 0.2) is 24.3 Å². The first-order valence-corrected chi connectivity index (χ1v) is 7.62. The number of amides is 1. The Labute approximate surface area is 125 Å². The molecule has 1 fully saturated rings. The van der Waals surface area contributed by atoms with E-state index in [1.165, 1.54) is 5.56 Å². The van der Waals surface area contributed by atoms with Crippen molar-refractivity contribution in [3.05, 3.63) is 35.4 Å². The predicted molar refractivity (Wildman–Crippen MR) is 81.1 cm³/mol. The maximum Gasteiger partial charge on any atom is 0.326 e. The Kier molecular flexibility index (Phi) is 4.99. The van der Waals surface area contributed by atoms with Crippen LogP contribution in [0.25, 0.3) is 0 Å². The van der Waals surface area contributed by atoms with E-state index < -0.39 is 12.0 Å². The maximum absolute atomic E-state index is 12.0. The number of carboxylic acid groups (broad SMARTS) is 1. The van der Waals surface area contributed by atoms with Crippen LogP contribution in [-0.2, 0) is 16.0 Å². The molecule has 1 aliphatic carbocycles. The van der Waals surface area contributed by atoms with E-state index in [-0.39, 0.29) is 17.7 Å². The zero-order chi connectivity index (χ0) is 15.4. The molecule has 2 atom stereocenters. The van der Waals surface area contributed by atoms with E-state index in [1.54, 1.807) is 0 Å². The monoisotopic (exact) mass is 289 g/mol. The fraction of sp³-hybridized carbons (Fsp3) is 0.529. The van der Waals surface area contributed by atoms with E-state index in [9.17, 15) is 9.59 Å². The Morgan fingerprint density at radius 1 is 1.29 bits per heavy atom. The van der Waals surface area contributed by atoms with Crippen molar-refractivity contribution in [2.45, 2.75) is 51.5 Å². The van der Waals surface area contributed by atoms with Crippen LogP contribution in [0, 0.1) is 5.92 Å². The number of carboxylic acids is 1. The van der Waals surface area contributed by atoms with Gasteiger partial charge in [0.25, 0.3) is 0 Å². The lowest BCUT2D eigenvalue weighted by molar-refractivity contribution is -0.142. The normalized spacial score (nSPS) is 17.0. The number of aryl methyl sites for hydroxylation is 1. The van der Waals surface area contributed by atoms with E-state index in [0.29, 0.717) is 6.42 Å². The highest BCUT2D eigenvalue weighted by Crippen LogP contribution is 2.33. The predicted octanol–water partition coefficient (Wildman–Crippen LogP) is 2.72. The average Bonchev–Trinajstić information content (AvgIpc) is 3.29. The van der Waals surface area contributed by atoms with Gasteiger partial charge in [-0.1, -0.05) is 38.1 Å². The largest absolute Gasteiger partial charge is 0.480 e. The molecule has 1 aromatic carbocycles. The Morgan fingerprint density at radius 2 is 1.90 bits per heavy atom. The molecule has 2 N–H and O–H groups in total. The average molecular weight is 289 g/mol. The van der Waals surface area contributed by atoms with Crippen LogP contribution >= 0.6 is 0 Å². The number of hydrogen-bond donors (Lipinski definition) is 2. The van der Waals surface area contributed by atoms with Crippen molar-refractivity contribution >= 4 is 11.9 Å². The molecule has 2 unspecified atom stereocenters. The molecular weight excluding hydrogens is 266 g/mol. The Balaban J connectivity index is 1.90. The Bertz CT molecular complexity index is 505. The standard InChI is InChI=1S/C17H23NO3/c1-3-12-4-6-13(7-5-12)11(2)10-15(19)18-16(17(20)21)14-8-9-14/h4-7,11,14,16H,3,8-10H2,1-2H3,(H,18,19)(H,20,21). The van der Waals surface area contributed by atoms with Crippen LogP contribution in [0.1, 0.15) is 50.2 Å². The van der Waals surface area contributed by atoms with Crippen LogP contribution in [0.5, 0.6) is 0 Å². The third-order valence-corrected chi connectivity index (χ3v) is 4.12. The van der Waals surface area contributed by atoms with Gasteiger partial charge in [0, 0.05) is 6.42 Å². The van der Waals surface area contributed by atoms with E-state index >= 15 is 0 Å². The molecule has 4 nitrogen and oxygen atoms in total. The summed E-state index contributed by atoms with van der Waals surface area (Å²) in [5.74, 6) is -0.901. The molecule has 0 radical (unpaired) electrons. The zero-order valence-electron chi connectivity index (χ0n) is 12.6. The highest BCUT2D eigenvalue weighted by atomic mass is 16.4. The van der Waals surface area contributed by atoms with Gasteiger partial charge in [-0.3, -0.25) is 4.79 Å². The molecule has 0 aliphatic heterocycles. The number of rotatable bonds is 7. The molecule has 0 spiro atoms. The molecule has 0 aromatic heterocycles. The van der Waals surface area contributed by atoms with Crippen molar-refractivity contribution in [2.24, 2.45) is 5.92 Å². The van der Waals surface area contributed by atoms with Crippen molar-refractivity contribution in [3.8, 4) is 0 Å². The highest BCUT2D eigenvalue weighted by Gasteiger charge is 2.37. The van der Waals surface area contributed by atoms with Gasteiger partial charge in [0.05, 0.1) is 0 Å². The number of nitrogens with one attached hydrogen (secondary N) is 1. The quantitative estimate of drug-likeness (QED) is 0.811. The lowest BCUT2D eigenvalue weighted by Crippen LogP contribution is -2.42. The molecule has 2 rings (SSSR count). The van der Waals surface area contributed by atoms with Gasteiger partial charge in [-0.05, 0) is 42.2 Å². The summed E-state index contributed by atoms with van der Waals surface area (Å²) in [6.45, 7) is 4.10. The fourth-order valence-corrected chi connectivity index (χ4v) is 2.52. The molecule has 1 aromatic rings. The first kappa shape index (κ1) is 15.5. The summed E-state index contributed by atoms with van der Waals surface area (Å²) in [5.41, 5.74) is 2.38. The molecule has 0 saturated heterocycles. The smallest absolute Gasteiger partial charge is 0.326 e. The van der Waals surface area contributed by atoms with Crippen molar-refractivity contribution < 1.29 is 14.7 Å². The van der Waals surface area contributed by atoms with E-state index in [0.717, 1.165) is 24.8 Å². The third-order valence-electron chi connectivity index (χ3n) is 4.12. The number of carbonyl (C=O) groups excluding carboxylic acids is 1. The molecule has 1 saturated carbocycles. The van der Waals surface area contributed by atoms with Gasteiger partial charge in [-0.25, -0.2) is 4.79 Å². The van der Waals surface area contributed by atoms with Gasteiger partial charge >= 0.3 is 5.97 Å². The molecule has 21 heavy (non-hydrogen) atoms. The minimum Gasteiger partial charge on any atom is -0.480 e. The summed E-state index contributed by atoms with van der Waals surface area (Å²) in [6, 6.07) is 7.54. The van der Waals surface area contributed by atoms with Gasteiger partial charge in [0.15, 0.2) is 0 Å². The van der Waals surface area contributed by atoms with Crippen LogP contribution in [0.3, 0.4) is 0 Å². The van der Waals surface area contributed by atoms with Crippen LogP contribution in [0.2, 0.25) is 0 Å². The van der Waals surface area contributed by atoms with E-state index in [2.05, 4.69) is 24.4 Å². The number of benzene rings is 1. The van der Waals surface area contributed by atoms with E-state index in [1.807, 2.05) is 19.1 Å². The van der Waals surface area contributed by atoms with Crippen LogP contribution in [0.4, 0.5) is 0 Å². The van der Waals surface area contributed by atoms with Gasteiger partial charge in [-0.2, -0.15) is 0 Å². The van der Waals surface area contributed by atoms with Gasteiger partial charge in [0.2, 0.25) is 5.91 Å². The van der Waals surface area contributed by atoms with Crippen molar-refractivity contribution in [1.29, 1.82) is 0 Å². The summed E-state index contributed by atoms with van der Waals surface area (Å²) in [4.78, 5) is 23.2. The second kappa shape index (κ2) is 6.74. The van der Waals surface area contributed by atoms with Crippen molar-refractivity contribution in [2.75, 3.05) is 0 Å². The van der Waals surface area contributed by atoms with Crippen molar-refractivity contribution in [1.82, 2.24) is 5.32 Å². The Hall–Kier alpha value is -1.84. The number of hydrogen-bond acceptors (Lipinski definition) is 2. The van der Waals surface area contributed by atoms with Gasteiger partial charge < -0.3 is 10.4 Å². The topological polar surface area (TPSA) is 66.4 Å². The fourth-order valence-electron chi connectivity index (χ4n) is 2.52. The second-order valence-electron chi connectivity index (χ2n) is 5.92. The number of aliphatic carboxylic acids is 1. The zero-order valence-corrected chi connectivity index (χ0v) is 12.6.